The van der Waals surface area contributed by atoms with Gasteiger partial charge < -0.3 is 10.8 Å². The largest absolute Gasteiger partial charge is 0.480 e. The Morgan fingerprint density at radius 1 is 1.75 bits per heavy atom. The zero-order valence-electron chi connectivity index (χ0n) is 6.07. The van der Waals surface area contributed by atoms with Crippen LogP contribution in [-0.4, -0.2) is 16.1 Å². The Morgan fingerprint density at radius 2 is 2.42 bits per heavy atom. The molecule has 0 aromatic carbocycles. The van der Waals surface area contributed by atoms with Crippen LogP contribution in [0.15, 0.2) is 18.5 Å². The van der Waals surface area contributed by atoms with E-state index in [0.29, 0.717) is 0 Å². The van der Waals surface area contributed by atoms with Crippen molar-refractivity contribution in [1.29, 1.82) is 0 Å². The Bertz CT molecular complexity index is 303. The maximum absolute atomic E-state index is 12.8. The molecular weight excluding hydrogens is 163 g/mol. The molecule has 1 unspecified atom stereocenters. The summed E-state index contributed by atoms with van der Waals surface area (Å²) in [5, 5.41) is 8.45. The molecule has 0 fully saturated rings. The number of carboxylic acids is 1. The fourth-order valence-electron chi connectivity index (χ4n) is 0.771. The fourth-order valence-corrected chi connectivity index (χ4v) is 0.771. The smallest absolute Gasteiger partial charge is 0.325 e. The van der Waals surface area contributed by atoms with Crippen LogP contribution in [0.25, 0.3) is 0 Å². The Hall–Kier alpha value is -1.49. The van der Waals surface area contributed by atoms with E-state index in [9.17, 15) is 9.18 Å². The highest BCUT2D eigenvalue weighted by atomic mass is 19.1. The first kappa shape index (κ1) is 8.61. The van der Waals surface area contributed by atoms with Gasteiger partial charge >= 0.3 is 5.97 Å². The van der Waals surface area contributed by atoms with E-state index in [1.165, 1.54) is 12.3 Å². The SMILES string of the molecule is NC(C(=O)O)c1ccncc1F. The van der Waals surface area contributed by atoms with E-state index >= 15 is 0 Å². The number of pyridine rings is 1. The number of nitrogens with two attached hydrogens (primary N) is 1. The zero-order valence-corrected chi connectivity index (χ0v) is 6.07. The van der Waals surface area contributed by atoms with Gasteiger partial charge in [0.25, 0.3) is 0 Å². The van der Waals surface area contributed by atoms with E-state index in [1.807, 2.05) is 0 Å². The van der Waals surface area contributed by atoms with Crippen molar-refractivity contribution in [3.63, 3.8) is 0 Å². The molecule has 4 nitrogen and oxygen atoms in total. The van der Waals surface area contributed by atoms with Gasteiger partial charge in [-0.1, -0.05) is 0 Å². The normalized spacial score (nSPS) is 12.5. The van der Waals surface area contributed by atoms with Crippen LogP contribution in [0, 0.1) is 5.82 Å². The van der Waals surface area contributed by atoms with Crippen LogP contribution in [0.4, 0.5) is 4.39 Å². The predicted molar refractivity (Wildman–Crippen MR) is 38.8 cm³/mol. The molecule has 1 aromatic heterocycles. The molecule has 1 heterocycles. The van der Waals surface area contributed by atoms with Crippen molar-refractivity contribution in [2.24, 2.45) is 5.73 Å². The number of aromatic nitrogens is 1. The summed E-state index contributed by atoms with van der Waals surface area (Å²) in [6.45, 7) is 0. The lowest BCUT2D eigenvalue weighted by Gasteiger charge is -2.05. The average Bonchev–Trinajstić information content (AvgIpc) is 2.04. The maximum atomic E-state index is 12.8. The lowest BCUT2D eigenvalue weighted by atomic mass is 10.1. The lowest BCUT2D eigenvalue weighted by Crippen LogP contribution is -2.21. The molecule has 0 bridgehead atoms. The van der Waals surface area contributed by atoms with E-state index in [2.05, 4.69) is 4.98 Å². The number of carboxylic acid groups (broad SMARTS) is 1. The van der Waals surface area contributed by atoms with Crippen LogP contribution in [-0.2, 0) is 4.79 Å². The molecule has 0 aliphatic carbocycles. The van der Waals surface area contributed by atoms with Gasteiger partial charge in [0.15, 0.2) is 0 Å². The molecule has 0 radical (unpaired) electrons. The van der Waals surface area contributed by atoms with Gasteiger partial charge in [-0.05, 0) is 6.07 Å². The van der Waals surface area contributed by atoms with Gasteiger partial charge in [0, 0.05) is 11.8 Å². The summed E-state index contributed by atoms with van der Waals surface area (Å²) in [7, 11) is 0. The number of halogens is 1. The summed E-state index contributed by atoms with van der Waals surface area (Å²) in [5.41, 5.74) is 5.11. The van der Waals surface area contributed by atoms with E-state index in [4.69, 9.17) is 10.8 Å². The van der Waals surface area contributed by atoms with Crippen molar-refractivity contribution >= 4 is 5.97 Å². The van der Waals surface area contributed by atoms with Crippen molar-refractivity contribution in [2.45, 2.75) is 6.04 Å². The number of hydrogen-bond donors (Lipinski definition) is 2. The molecule has 1 atom stereocenters. The number of nitrogens with zero attached hydrogens (tertiary/aromatic N) is 1. The van der Waals surface area contributed by atoms with Crippen LogP contribution in [0.1, 0.15) is 11.6 Å². The maximum Gasteiger partial charge on any atom is 0.325 e. The van der Waals surface area contributed by atoms with Crippen LogP contribution < -0.4 is 5.73 Å². The molecule has 5 heteroatoms. The molecule has 1 rings (SSSR count). The monoisotopic (exact) mass is 170 g/mol. The number of hydrogen-bond acceptors (Lipinski definition) is 3. The van der Waals surface area contributed by atoms with Gasteiger partial charge in [0.05, 0.1) is 6.20 Å². The molecule has 0 aliphatic heterocycles. The highest BCUT2D eigenvalue weighted by Gasteiger charge is 2.17. The molecule has 0 aliphatic rings. The van der Waals surface area contributed by atoms with E-state index in [0.717, 1.165) is 6.20 Å². The van der Waals surface area contributed by atoms with Crippen molar-refractivity contribution in [3.05, 3.63) is 29.8 Å². The summed E-state index contributed by atoms with van der Waals surface area (Å²) in [4.78, 5) is 13.8. The Balaban J connectivity index is 3.02. The first-order valence-corrected chi connectivity index (χ1v) is 3.20. The molecule has 64 valence electrons. The second kappa shape index (κ2) is 3.27. The first-order valence-electron chi connectivity index (χ1n) is 3.20. The molecule has 12 heavy (non-hydrogen) atoms. The number of rotatable bonds is 2. The van der Waals surface area contributed by atoms with Crippen molar-refractivity contribution < 1.29 is 14.3 Å². The van der Waals surface area contributed by atoms with Crippen molar-refractivity contribution in [1.82, 2.24) is 4.98 Å². The molecule has 1 aromatic rings. The van der Waals surface area contributed by atoms with Gasteiger partial charge in [-0.2, -0.15) is 0 Å². The minimum absolute atomic E-state index is 0.0579. The third kappa shape index (κ3) is 1.57. The summed E-state index contributed by atoms with van der Waals surface area (Å²) >= 11 is 0. The third-order valence-electron chi connectivity index (χ3n) is 1.40. The second-order valence-corrected chi connectivity index (χ2v) is 2.21. The second-order valence-electron chi connectivity index (χ2n) is 2.21. The molecule has 0 amide bonds. The zero-order chi connectivity index (χ0) is 9.14. The standard InChI is InChI=1S/C7H7FN2O2/c8-5-3-10-2-1-4(5)6(9)7(11)12/h1-3,6H,9H2,(H,11,12). The van der Waals surface area contributed by atoms with E-state index in [1.54, 1.807) is 0 Å². The number of carbonyl (C=O) groups is 1. The van der Waals surface area contributed by atoms with Crippen LogP contribution in [0.3, 0.4) is 0 Å². The van der Waals surface area contributed by atoms with Gasteiger partial charge in [-0.25, -0.2) is 4.39 Å². The Labute approximate surface area is 67.8 Å². The summed E-state index contributed by atoms with van der Waals surface area (Å²) in [6.07, 6.45) is 2.22. The highest BCUT2D eigenvalue weighted by molar-refractivity contribution is 5.75. The quantitative estimate of drug-likeness (QED) is 0.669. The molecule has 3 N–H and O–H groups in total. The molecule has 0 saturated heterocycles. The van der Waals surface area contributed by atoms with Gasteiger partial charge in [-0.3, -0.25) is 9.78 Å². The van der Waals surface area contributed by atoms with Crippen LogP contribution in [0.5, 0.6) is 0 Å². The Kier molecular flexibility index (Phi) is 2.35. The summed E-state index contributed by atoms with van der Waals surface area (Å²) in [6, 6.07) is -0.0818. The minimum Gasteiger partial charge on any atom is -0.480 e. The lowest BCUT2D eigenvalue weighted by molar-refractivity contribution is -0.138. The molecule has 0 spiro atoms. The third-order valence-corrected chi connectivity index (χ3v) is 1.40. The molecule has 0 saturated carbocycles. The van der Waals surface area contributed by atoms with Crippen LogP contribution in [0.2, 0.25) is 0 Å². The van der Waals surface area contributed by atoms with Crippen molar-refractivity contribution in [2.75, 3.05) is 0 Å². The Morgan fingerprint density at radius 3 is 2.92 bits per heavy atom. The first-order chi connectivity index (χ1) is 5.63. The van der Waals surface area contributed by atoms with Crippen molar-refractivity contribution in [3.8, 4) is 0 Å². The predicted octanol–water partition coefficient (Wildman–Crippen LogP) is 0.305. The topological polar surface area (TPSA) is 76.2 Å². The van der Waals surface area contributed by atoms with Gasteiger partial charge in [0.1, 0.15) is 11.9 Å². The van der Waals surface area contributed by atoms with Gasteiger partial charge in [-0.15, -0.1) is 0 Å². The van der Waals surface area contributed by atoms with Crippen LogP contribution >= 0.6 is 0 Å². The fraction of sp³-hybridized carbons (Fsp3) is 0.143. The highest BCUT2D eigenvalue weighted by Crippen LogP contribution is 2.12. The summed E-state index contributed by atoms with van der Waals surface area (Å²) in [5.74, 6) is -1.97. The summed E-state index contributed by atoms with van der Waals surface area (Å²) < 4.78 is 12.8. The van der Waals surface area contributed by atoms with Gasteiger partial charge in [0.2, 0.25) is 0 Å². The molecular formula is C7H7FN2O2. The van der Waals surface area contributed by atoms with E-state index < -0.39 is 17.8 Å². The van der Waals surface area contributed by atoms with E-state index in [-0.39, 0.29) is 5.56 Å². The average molecular weight is 170 g/mol. The number of aliphatic carboxylic acids is 1. The minimum atomic E-state index is -1.33.